The van der Waals surface area contributed by atoms with Crippen molar-refractivity contribution in [2.24, 2.45) is 5.92 Å². The van der Waals surface area contributed by atoms with Crippen molar-refractivity contribution in [3.63, 3.8) is 0 Å². The molecule has 1 aromatic rings. The Morgan fingerprint density at radius 3 is 3.09 bits per heavy atom. The van der Waals surface area contributed by atoms with Crippen molar-refractivity contribution in [3.05, 3.63) is 30.3 Å². The molecule has 1 aliphatic carbocycles. The quantitative estimate of drug-likeness (QED) is 0.690. The minimum absolute atomic E-state index is 0.940. The highest BCUT2D eigenvalue weighted by Gasteiger charge is 2.20. The van der Waals surface area contributed by atoms with Gasteiger partial charge in [0.1, 0.15) is 0 Å². The number of rotatable bonds is 3. The van der Waals surface area contributed by atoms with Crippen molar-refractivity contribution >= 4 is 5.69 Å². The number of hydrogen-bond acceptors (Lipinski definition) is 1. The molecule has 0 spiro atoms. The highest BCUT2D eigenvalue weighted by atomic mass is 14.9. The highest BCUT2D eigenvalue weighted by molar-refractivity contribution is 5.42. The molecule has 0 heterocycles. The van der Waals surface area contributed by atoms with Gasteiger partial charge in [-0.25, -0.2) is 0 Å². The highest BCUT2D eigenvalue weighted by Crippen LogP contribution is 2.28. The largest absolute Gasteiger partial charge is 0.385 e. The fourth-order valence-corrected chi connectivity index (χ4v) is 1.09. The third kappa shape index (κ3) is 1.97. The maximum Gasteiger partial charge on any atom is 0.0346 e. The number of hydrogen-bond donors (Lipinski definition) is 1. The Bertz CT molecular complexity index is 214. The summed E-state index contributed by atoms with van der Waals surface area (Å²) in [6, 6.07) is 11.0. The molecule has 1 heteroatoms. The Morgan fingerprint density at radius 1 is 1.55 bits per heavy atom. The van der Waals surface area contributed by atoms with Gasteiger partial charge < -0.3 is 5.32 Å². The zero-order valence-corrected chi connectivity index (χ0v) is 6.51. The van der Waals surface area contributed by atoms with Crippen LogP contribution in [0, 0.1) is 12.0 Å². The van der Waals surface area contributed by atoms with Gasteiger partial charge in [-0.3, -0.25) is 0 Å². The third-order valence-electron chi connectivity index (χ3n) is 2.00. The summed E-state index contributed by atoms with van der Waals surface area (Å²) in [6.07, 6.45) is 2.81. The standard InChI is InChI=1S/C10H12N/c1-2-4-10(5-3-1)11-8-9-6-7-9/h1-2,4-5,9,11H,6-8H2. The van der Waals surface area contributed by atoms with Crippen molar-refractivity contribution in [1.82, 2.24) is 0 Å². The molecule has 0 amide bonds. The fraction of sp³-hybridized carbons (Fsp3) is 0.400. The van der Waals surface area contributed by atoms with Crippen LogP contribution in [0.4, 0.5) is 5.69 Å². The Kier molecular flexibility index (Phi) is 1.80. The van der Waals surface area contributed by atoms with Gasteiger partial charge in [0.15, 0.2) is 0 Å². The second-order valence-electron chi connectivity index (χ2n) is 3.12. The second kappa shape index (κ2) is 2.95. The molecule has 1 radical (unpaired) electrons. The first-order chi connectivity index (χ1) is 5.45. The maximum atomic E-state index is 3.38. The molecule has 0 aliphatic heterocycles. The first-order valence-electron chi connectivity index (χ1n) is 4.15. The molecular weight excluding hydrogens is 134 g/mol. The van der Waals surface area contributed by atoms with E-state index in [1.807, 2.05) is 18.2 Å². The molecule has 0 unspecified atom stereocenters. The average Bonchev–Trinajstić information content (AvgIpc) is 2.86. The van der Waals surface area contributed by atoms with Gasteiger partial charge in [0, 0.05) is 12.2 Å². The van der Waals surface area contributed by atoms with Gasteiger partial charge >= 0.3 is 0 Å². The van der Waals surface area contributed by atoms with Crippen LogP contribution in [0.25, 0.3) is 0 Å². The lowest BCUT2D eigenvalue weighted by Crippen LogP contribution is -2.02. The van der Waals surface area contributed by atoms with Crippen LogP contribution >= 0.6 is 0 Å². The Labute approximate surface area is 67.4 Å². The first-order valence-corrected chi connectivity index (χ1v) is 4.15. The zero-order valence-electron chi connectivity index (χ0n) is 6.51. The molecule has 0 saturated heterocycles. The summed E-state index contributed by atoms with van der Waals surface area (Å²) in [4.78, 5) is 0. The monoisotopic (exact) mass is 146 g/mol. The van der Waals surface area contributed by atoms with E-state index in [2.05, 4.69) is 17.4 Å². The molecule has 0 bridgehead atoms. The van der Waals surface area contributed by atoms with Crippen molar-refractivity contribution in [2.45, 2.75) is 12.8 Å². The molecule has 1 aliphatic rings. The summed E-state index contributed by atoms with van der Waals surface area (Å²) in [5, 5.41) is 3.38. The van der Waals surface area contributed by atoms with Gasteiger partial charge in [0.05, 0.1) is 0 Å². The third-order valence-corrected chi connectivity index (χ3v) is 2.00. The van der Waals surface area contributed by atoms with Crippen LogP contribution in [0.2, 0.25) is 0 Å². The van der Waals surface area contributed by atoms with E-state index < -0.39 is 0 Å². The van der Waals surface area contributed by atoms with E-state index in [0.717, 1.165) is 12.5 Å². The van der Waals surface area contributed by atoms with Gasteiger partial charge in [-0.2, -0.15) is 0 Å². The number of nitrogens with one attached hydrogen (secondary N) is 1. The Balaban J connectivity index is 1.85. The van der Waals surface area contributed by atoms with Crippen molar-refractivity contribution in [3.8, 4) is 0 Å². The predicted octanol–water partition coefficient (Wildman–Crippen LogP) is 2.31. The van der Waals surface area contributed by atoms with E-state index >= 15 is 0 Å². The van der Waals surface area contributed by atoms with Gasteiger partial charge in [0.2, 0.25) is 0 Å². The smallest absolute Gasteiger partial charge is 0.0346 e. The molecule has 0 aromatic heterocycles. The molecule has 1 saturated carbocycles. The lowest BCUT2D eigenvalue weighted by atomic mass is 10.3. The van der Waals surface area contributed by atoms with Crippen molar-refractivity contribution in [1.29, 1.82) is 0 Å². The maximum absolute atomic E-state index is 3.38. The molecule has 0 atom stereocenters. The van der Waals surface area contributed by atoms with Crippen molar-refractivity contribution in [2.75, 3.05) is 11.9 Å². The fourth-order valence-electron chi connectivity index (χ4n) is 1.09. The van der Waals surface area contributed by atoms with E-state index in [1.54, 1.807) is 0 Å². The number of benzene rings is 1. The molecule has 1 fully saturated rings. The van der Waals surface area contributed by atoms with Crippen LogP contribution in [-0.2, 0) is 0 Å². The van der Waals surface area contributed by atoms with E-state index in [0.29, 0.717) is 0 Å². The molecule has 57 valence electrons. The van der Waals surface area contributed by atoms with E-state index in [-0.39, 0.29) is 0 Å². The molecular formula is C10H12N. The minimum atomic E-state index is 0.940. The van der Waals surface area contributed by atoms with Crippen molar-refractivity contribution < 1.29 is 0 Å². The van der Waals surface area contributed by atoms with Crippen LogP contribution in [-0.4, -0.2) is 6.54 Å². The summed E-state index contributed by atoms with van der Waals surface area (Å²) in [7, 11) is 0. The van der Waals surface area contributed by atoms with Crippen LogP contribution in [0.1, 0.15) is 12.8 Å². The van der Waals surface area contributed by atoms with Gasteiger partial charge in [-0.05, 0) is 37.0 Å². The van der Waals surface area contributed by atoms with E-state index in [9.17, 15) is 0 Å². The Morgan fingerprint density at radius 2 is 2.45 bits per heavy atom. The lowest BCUT2D eigenvalue weighted by molar-refractivity contribution is 0.889. The molecule has 11 heavy (non-hydrogen) atoms. The first kappa shape index (κ1) is 6.71. The summed E-state index contributed by atoms with van der Waals surface area (Å²) < 4.78 is 0. The molecule has 1 nitrogen and oxygen atoms in total. The summed E-state index contributed by atoms with van der Waals surface area (Å²) >= 11 is 0. The lowest BCUT2D eigenvalue weighted by Gasteiger charge is -2.02. The van der Waals surface area contributed by atoms with Crippen LogP contribution < -0.4 is 5.32 Å². The molecule has 1 N–H and O–H groups in total. The van der Waals surface area contributed by atoms with Crippen LogP contribution in [0.3, 0.4) is 0 Å². The van der Waals surface area contributed by atoms with E-state index in [1.165, 1.54) is 18.5 Å². The van der Waals surface area contributed by atoms with Crippen LogP contribution in [0.5, 0.6) is 0 Å². The average molecular weight is 146 g/mol. The Hall–Kier alpha value is -0.980. The summed E-state index contributed by atoms with van der Waals surface area (Å²) in [5.41, 5.74) is 1.19. The normalized spacial score (nSPS) is 16.4. The van der Waals surface area contributed by atoms with Crippen LogP contribution in [0.15, 0.2) is 24.3 Å². The zero-order chi connectivity index (χ0) is 7.52. The topological polar surface area (TPSA) is 12.0 Å². The SMILES string of the molecule is [c]1cccc(NCC2CC2)c1. The second-order valence-corrected chi connectivity index (χ2v) is 3.12. The number of anilines is 1. The van der Waals surface area contributed by atoms with Gasteiger partial charge in [-0.15, -0.1) is 0 Å². The summed E-state index contributed by atoms with van der Waals surface area (Å²) in [5.74, 6) is 0.940. The van der Waals surface area contributed by atoms with E-state index in [4.69, 9.17) is 0 Å². The summed E-state index contributed by atoms with van der Waals surface area (Å²) in [6.45, 7) is 1.14. The predicted molar refractivity (Wildman–Crippen MR) is 46.5 cm³/mol. The molecule has 2 rings (SSSR count). The molecule has 1 aromatic carbocycles. The van der Waals surface area contributed by atoms with Gasteiger partial charge in [0.25, 0.3) is 0 Å². The van der Waals surface area contributed by atoms with Gasteiger partial charge in [-0.1, -0.05) is 12.1 Å². The minimum Gasteiger partial charge on any atom is -0.385 e.